The summed E-state index contributed by atoms with van der Waals surface area (Å²) < 4.78 is 9.72. The molecule has 0 saturated carbocycles. The second-order valence-corrected chi connectivity index (χ2v) is 6.60. The molecule has 154 valence electrons. The van der Waals surface area contributed by atoms with Crippen molar-refractivity contribution < 1.29 is 23.6 Å². The van der Waals surface area contributed by atoms with Crippen molar-refractivity contribution in [3.05, 3.63) is 83.2 Å². The van der Waals surface area contributed by atoms with Gasteiger partial charge in [0, 0.05) is 6.07 Å². The lowest BCUT2D eigenvalue weighted by Gasteiger charge is -2.16. The van der Waals surface area contributed by atoms with E-state index in [1.54, 1.807) is 31.2 Å². The molecule has 2 N–H and O–H groups in total. The largest absolute Gasteiger partial charge is 0.451 e. The van der Waals surface area contributed by atoms with E-state index in [1.165, 1.54) is 6.07 Å². The maximum Gasteiger partial charge on any atom is 0.361 e. The van der Waals surface area contributed by atoms with Gasteiger partial charge >= 0.3 is 5.97 Å². The highest BCUT2D eigenvalue weighted by Gasteiger charge is 2.18. The molecule has 1 heterocycles. The standard InChI is InChI=1S/C22H21N3O5/c1-14-12-19(25-30-14)22(28)29-13-20(26)24-18-11-7-6-10-17(18)21(27)23-15(2)16-8-4-3-5-9-16/h3-12,15H,13H2,1-2H3,(H,23,27)(H,24,26)/t15-/m0/s1. The number of nitrogens with zero attached hydrogens (tertiary/aromatic N) is 1. The number of para-hydroxylation sites is 1. The first-order valence-electron chi connectivity index (χ1n) is 9.29. The summed E-state index contributed by atoms with van der Waals surface area (Å²) in [6.07, 6.45) is 0. The minimum Gasteiger partial charge on any atom is -0.451 e. The fourth-order valence-corrected chi connectivity index (χ4v) is 2.74. The molecule has 3 rings (SSSR count). The number of aryl methyl sites for hydroxylation is 1. The predicted molar refractivity (Wildman–Crippen MR) is 109 cm³/mol. The quantitative estimate of drug-likeness (QED) is 0.582. The topological polar surface area (TPSA) is 111 Å². The average molecular weight is 407 g/mol. The highest BCUT2D eigenvalue weighted by atomic mass is 16.5. The number of ether oxygens (including phenoxy) is 1. The molecule has 0 aliphatic heterocycles. The van der Waals surface area contributed by atoms with Crippen LogP contribution in [0.4, 0.5) is 5.69 Å². The Labute approximate surface area is 173 Å². The molecule has 2 aromatic carbocycles. The normalized spacial score (nSPS) is 11.4. The van der Waals surface area contributed by atoms with Crippen molar-refractivity contribution in [3.8, 4) is 0 Å². The Kier molecular flexibility index (Phi) is 6.59. The van der Waals surface area contributed by atoms with Gasteiger partial charge in [0.05, 0.1) is 17.3 Å². The van der Waals surface area contributed by atoms with E-state index >= 15 is 0 Å². The number of rotatable bonds is 7. The maximum absolute atomic E-state index is 12.7. The molecule has 30 heavy (non-hydrogen) atoms. The van der Waals surface area contributed by atoms with Gasteiger partial charge in [0.25, 0.3) is 11.8 Å². The molecule has 3 aromatic rings. The predicted octanol–water partition coefficient (Wildman–Crippen LogP) is 3.27. The van der Waals surface area contributed by atoms with E-state index in [0.29, 0.717) is 17.0 Å². The Morgan fingerprint density at radius 3 is 2.47 bits per heavy atom. The van der Waals surface area contributed by atoms with Crippen molar-refractivity contribution in [2.24, 2.45) is 0 Å². The Morgan fingerprint density at radius 1 is 1.07 bits per heavy atom. The van der Waals surface area contributed by atoms with Crippen LogP contribution in [0, 0.1) is 6.92 Å². The molecule has 0 fully saturated rings. The Bertz CT molecular complexity index is 1050. The summed E-state index contributed by atoms with van der Waals surface area (Å²) in [4.78, 5) is 36.8. The third-order valence-electron chi connectivity index (χ3n) is 4.26. The van der Waals surface area contributed by atoms with Gasteiger partial charge in [-0.15, -0.1) is 0 Å². The van der Waals surface area contributed by atoms with E-state index in [2.05, 4.69) is 15.8 Å². The van der Waals surface area contributed by atoms with Crippen molar-refractivity contribution in [1.82, 2.24) is 10.5 Å². The van der Waals surface area contributed by atoms with E-state index in [9.17, 15) is 14.4 Å². The first kappa shape index (κ1) is 20.8. The van der Waals surface area contributed by atoms with Crippen molar-refractivity contribution >= 4 is 23.5 Å². The van der Waals surface area contributed by atoms with Crippen LogP contribution in [0.2, 0.25) is 0 Å². The number of esters is 1. The van der Waals surface area contributed by atoms with Crippen LogP contribution in [0.25, 0.3) is 0 Å². The lowest BCUT2D eigenvalue weighted by molar-refractivity contribution is -0.119. The third-order valence-corrected chi connectivity index (χ3v) is 4.26. The second-order valence-electron chi connectivity index (χ2n) is 6.60. The van der Waals surface area contributed by atoms with Gasteiger partial charge in [0.15, 0.2) is 12.3 Å². The van der Waals surface area contributed by atoms with Gasteiger partial charge in [-0.1, -0.05) is 47.6 Å². The zero-order chi connectivity index (χ0) is 21.5. The van der Waals surface area contributed by atoms with Crippen LogP contribution in [0.3, 0.4) is 0 Å². The van der Waals surface area contributed by atoms with Crippen LogP contribution in [0.1, 0.15) is 45.1 Å². The van der Waals surface area contributed by atoms with E-state index in [-0.39, 0.29) is 17.6 Å². The number of hydrogen-bond acceptors (Lipinski definition) is 6. The van der Waals surface area contributed by atoms with Crippen molar-refractivity contribution in [2.75, 3.05) is 11.9 Å². The summed E-state index contributed by atoms with van der Waals surface area (Å²) in [5, 5.41) is 9.03. The van der Waals surface area contributed by atoms with Crippen LogP contribution < -0.4 is 10.6 Å². The number of carbonyl (C=O) groups excluding carboxylic acids is 3. The summed E-state index contributed by atoms with van der Waals surface area (Å²) in [6, 6.07) is 17.3. The molecule has 1 atom stereocenters. The average Bonchev–Trinajstić information content (AvgIpc) is 3.19. The molecule has 0 unspecified atom stereocenters. The van der Waals surface area contributed by atoms with Crippen LogP contribution >= 0.6 is 0 Å². The van der Waals surface area contributed by atoms with Gasteiger partial charge in [-0.05, 0) is 31.5 Å². The number of nitrogens with one attached hydrogen (secondary N) is 2. The number of carbonyl (C=O) groups is 3. The van der Waals surface area contributed by atoms with Crippen LogP contribution in [0.15, 0.2) is 65.2 Å². The molecular weight excluding hydrogens is 386 g/mol. The molecule has 8 heteroatoms. The SMILES string of the molecule is Cc1cc(C(=O)OCC(=O)Nc2ccccc2C(=O)N[C@@H](C)c2ccccc2)no1. The monoisotopic (exact) mass is 407 g/mol. The smallest absolute Gasteiger partial charge is 0.361 e. The molecule has 0 aliphatic rings. The summed E-state index contributed by atoms with van der Waals surface area (Å²) in [5.74, 6) is -1.24. The number of benzene rings is 2. The Morgan fingerprint density at radius 2 is 1.77 bits per heavy atom. The Hall–Kier alpha value is -3.94. The number of amides is 2. The van der Waals surface area contributed by atoms with Crippen LogP contribution in [-0.4, -0.2) is 29.5 Å². The number of anilines is 1. The van der Waals surface area contributed by atoms with Crippen molar-refractivity contribution in [1.29, 1.82) is 0 Å². The molecule has 0 bridgehead atoms. The minimum atomic E-state index is -0.773. The van der Waals surface area contributed by atoms with Crippen LogP contribution in [-0.2, 0) is 9.53 Å². The molecule has 0 aliphatic carbocycles. The van der Waals surface area contributed by atoms with Crippen LogP contribution in [0.5, 0.6) is 0 Å². The summed E-state index contributed by atoms with van der Waals surface area (Å²) in [7, 11) is 0. The van der Waals surface area contributed by atoms with Gasteiger partial charge in [0.1, 0.15) is 5.76 Å². The summed E-state index contributed by atoms with van der Waals surface area (Å²) >= 11 is 0. The van der Waals surface area contributed by atoms with E-state index in [4.69, 9.17) is 9.26 Å². The molecular formula is C22H21N3O5. The van der Waals surface area contributed by atoms with Gasteiger partial charge in [-0.2, -0.15) is 0 Å². The molecule has 1 aromatic heterocycles. The summed E-state index contributed by atoms with van der Waals surface area (Å²) in [6.45, 7) is 2.98. The molecule has 0 spiro atoms. The van der Waals surface area contributed by atoms with E-state index < -0.39 is 18.5 Å². The van der Waals surface area contributed by atoms with Gasteiger partial charge in [-0.25, -0.2) is 4.79 Å². The Balaban J connectivity index is 1.61. The fourth-order valence-electron chi connectivity index (χ4n) is 2.74. The van der Waals surface area contributed by atoms with Gasteiger partial charge < -0.3 is 19.9 Å². The van der Waals surface area contributed by atoms with Crippen molar-refractivity contribution in [2.45, 2.75) is 19.9 Å². The fraction of sp³-hybridized carbons (Fsp3) is 0.182. The number of hydrogen-bond donors (Lipinski definition) is 2. The number of aromatic nitrogens is 1. The first-order chi connectivity index (χ1) is 14.4. The highest BCUT2D eigenvalue weighted by Crippen LogP contribution is 2.18. The minimum absolute atomic E-state index is 0.0185. The molecule has 0 saturated heterocycles. The summed E-state index contributed by atoms with van der Waals surface area (Å²) in [5.41, 5.74) is 1.55. The third kappa shape index (κ3) is 5.32. The molecule has 0 radical (unpaired) electrons. The zero-order valence-corrected chi connectivity index (χ0v) is 16.5. The van der Waals surface area contributed by atoms with E-state index in [0.717, 1.165) is 5.56 Å². The lowest BCUT2D eigenvalue weighted by atomic mass is 10.1. The van der Waals surface area contributed by atoms with E-state index in [1.807, 2.05) is 37.3 Å². The first-order valence-corrected chi connectivity index (χ1v) is 9.29. The molecule has 2 amide bonds. The lowest BCUT2D eigenvalue weighted by Crippen LogP contribution is -2.28. The van der Waals surface area contributed by atoms with Gasteiger partial charge in [-0.3, -0.25) is 9.59 Å². The van der Waals surface area contributed by atoms with Crippen molar-refractivity contribution in [3.63, 3.8) is 0 Å². The zero-order valence-electron chi connectivity index (χ0n) is 16.5. The highest BCUT2D eigenvalue weighted by molar-refractivity contribution is 6.04. The maximum atomic E-state index is 12.7. The second kappa shape index (κ2) is 9.51. The molecule has 8 nitrogen and oxygen atoms in total. The van der Waals surface area contributed by atoms with Gasteiger partial charge in [0.2, 0.25) is 0 Å².